The number of hydrogen-bond donors (Lipinski definition) is 2. The summed E-state index contributed by atoms with van der Waals surface area (Å²) in [6, 6.07) is 0. The van der Waals surface area contributed by atoms with E-state index in [1.54, 1.807) is 0 Å². The lowest BCUT2D eigenvalue weighted by atomic mass is 9.68. The van der Waals surface area contributed by atoms with E-state index in [-0.39, 0.29) is 29.6 Å². The first-order valence-corrected chi connectivity index (χ1v) is 5.63. The molecule has 100 valence electrons. The van der Waals surface area contributed by atoms with Crippen LogP contribution in [0.4, 0.5) is 4.79 Å². The Kier molecular flexibility index (Phi) is 3.68. The van der Waals surface area contributed by atoms with E-state index in [1.165, 1.54) is 0 Å². The molecule has 2 saturated heterocycles. The van der Waals surface area contributed by atoms with Crippen LogP contribution in [0.2, 0.25) is 0 Å². The molecule has 1 aliphatic carbocycles. The van der Waals surface area contributed by atoms with Crippen LogP contribution in [0.25, 0.3) is 0 Å². The summed E-state index contributed by atoms with van der Waals surface area (Å²) < 4.78 is 10.8. The summed E-state index contributed by atoms with van der Waals surface area (Å²) in [5.41, 5.74) is 4.75. The molecule has 0 aromatic rings. The lowest BCUT2D eigenvalue weighted by molar-refractivity contribution is -0.000860. The third-order valence-corrected chi connectivity index (χ3v) is 3.11. The van der Waals surface area contributed by atoms with Gasteiger partial charge in [-0.25, -0.2) is 4.79 Å². The minimum atomic E-state index is -0.463. The van der Waals surface area contributed by atoms with Crippen molar-refractivity contribution in [1.82, 2.24) is 5.32 Å². The maximum absolute atomic E-state index is 11.6. The van der Waals surface area contributed by atoms with Crippen LogP contribution in [0.5, 0.6) is 0 Å². The Labute approximate surface area is 108 Å². The Morgan fingerprint density at radius 1 is 1.47 bits per heavy atom. The van der Waals surface area contributed by atoms with Gasteiger partial charge >= 0.3 is 6.09 Å². The quantitative estimate of drug-likeness (QED) is 0.786. The number of fused-ring (bicyclic) bond motifs is 1. The van der Waals surface area contributed by atoms with Gasteiger partial charge in [0.15, 0.2) is 0 Å². The molecule has 3 N–H and O–H groups in total. The SMILES string of the molecule is CC(C)(C)OC(=O)NC12COC(CN)(C1)C2.Cl. The first-order chi connectivity index (χ1) is 7.28. The second kappa shape index (κ2) is 4.30. The van der Waals surface area contributed by atoms with Crippen molar-refractivity contribution in [3.8, 4) is 0 Å². The fourth-order valence-electron chi connectivity index (χ4n) is 2.52. The number of hydrogen-bond acceptors (Lipinski definition) is 4. The van der Waals surface area contributed by atoms with E-state index in [4.69, 9.17) is 15.2 Å². The molecule has 2 heterocycles. The largest absolute Gasteiger partial charge is 0.444 e. The predicted octanol–water partition coefficient (Wildman–Crippen LogP) is 1.19. The monoisotopic (exact) mass is 264 g/mol. The van der Waals surface area contributed by atoms with Crippen LogP contribution >= 0.6 is 12.4 Å². The van der Waals surface area contributed by atoms with Gasteiger partial charge in [-0.15, -0.1) is 12.4 Å². The Morgan fingerprint density at radius 3 is 2.47 bits per heavy atom. The molecule has 1 saturated carbocycles. The van der Waals surface area contributed by atoms with E-state index >= 15 is 0 Å². The summed E-state index contributed by atoms with van der Waals surface area (Å²) in [5, 5.41) is 2.90. The van der Waals surface area contributed by atoms with Gasteiger partial charge in [0.1, 0.15) is 5.60 Å². The number of ether oxygens (including phenoxy) is 2. The van der Waals surface area contributed by atoms with E-state index in [9.17, 15) is 4.79 Å². The number of alkyl carbamates (subject to hydrolysis) is 1. The highest BCUT2D eigenvalue weighted by Gasteiger charge is 2.62. The Balaban J connectivity index is 0.00000144. The van der Waals surface area contributed by atoms with Gasteiger partial charge < -0.3 is 20.5 Å². The van der Waals surface area contributed by atoms with Crippen molar-refractivity contribution in [2.75, 3.05) is 13.2 Å². The molecule has 3 rings (SSSR count). The lowest BCUT2D eigenvalue weighted by Crippen LogP contribution is -2.62. The number of carbonyl (C=O) groups is 1. The maximum atomic E-state index is 11.6. The Morgan fingerprint density at radius 2 is 2.06 bits per heavy atom. The summed E-state index contributed by atoms with van der Waals surface area (Å²) in [6.07, 6.45) is 1.23. The molecule has 17 heavy (non-hydrogen) atoms. The van der Waals surface area contributed by atoms with Crippen LogP contribution in [0.3, 0.4) is 0 Å². The summed E-state index contributed by atoms with van der Waals surface area (Å²) >= 11 is 0. The van der Waals surface area contributed by atoms with Crippen molar-refractivity contribution in [2.24, 2.45) is 5.73 Å². The van der Waals surface area contributed by atoms with Crippen molar-refractivity contribution in [2.45, 2.75) is 50.4 Å². The molecular formula is C11H21ClN2O3. The average molecular weight is 265 g/mol. The number of halogens is 1. The number of rotatable bonds is 2. The molecule has 0 radical (unpaired) electrons. The van der Waals surface area contributed by atoms with Crippen LogP contribution in [-0.4, -0.2) is 36.0 Å². The van der Waals surface area contributed by atoms with Gasteiger partial charge in [-0.1, -0.05) is 0 Å². The lowest BCUT2D eigenvalue weighted by Gasteiger charge is -2.44. The molecule has 0 spiro atoms. The van der Waals surface area contributed by atoms with Gasteiger partial charge in [-0.05, 0) is 20.8 Å². The summed E-state index contributed by atoms with van der Waals surface area (Å²) in [4.78, 5) is 11.6. The zero-order chi connectivity index (χ0) is 12.0. The molecule has 6 heteroatoms. The summed E-state index contributed by atoms with van der Waals surface area (Å²) in [7, 11) is 0. The van der Waals surface area contributed by atoms with Crippen LogP contribution in [0.1, 0.15) is 33.6 Å². The summed E-state index contributed by atoms with van der Waals surface area (Å²) in [5.74, 6) is 0. The zero-order valence-electron chi connectivity index (χ0n) is 10.5. The number of nitrogens with two attached hydrogens (primary N) is 1. The van der Waals surface area contributed by atoms with Gasteiger partial charge in [0.25, 0.3) is 0 Å². The topological polar surface area (TPSA) is 73.6 Å². The molecule has 3 aliphatic rings. The van der Waals surface area contributed by atoms with Gasteiger partial charge in [0.05, 0.1) is 17.7 Å². The Hall–Kier alpha value is -0.520. The first-order valence-electron chi connectivity index (χ1n) is 5.63. The third-order valence-electron chi connectivity index (χ3n) is 3.11. The van der Waals surface area contributed by atoms with Crippen LogP contribution in [0.15, 0.2) is 0 Å². The van der Waals surface area contributed by atoms with Crippen molar-refractivity contribution in [3.63, 3.8) is 0 Å². The minimum Gasteiger partial charge on any atom is -0.444 e. The van der Waals surface area contributed by atoms with E-state index in [0.29, 0.717) is 13.2 Å². The molecule has 3 fully saturated rings. The number of nitrogens with one attached hydrogen (secondary N) is 1. The first kappa shape index (κ1) is 14.5. The second-order valence-corrected chi connectivity index (χ2v) is 5.94. The van der Waals surface area contributed by atoms with E-state index in [1.807, 2.05) is 20.8 Å². The standard InChI is InChI=1S/C11H20N2O3.ClH/c1-9(2,3)16-8(14)13-10-4-11(5-10,6-12)15-7-10;/h4-7,12H2,1-3H3,(H,13,14);1H. The molecule has 5 nitrogen and oxygen atoms in total. The molecule has 0 atom stereocenters. The van der Waals surface area contributed by atoms with E-state index in [0.717, 1.165) is 12.8 Å². The predicted molar refractivity (Wildman–Crippen MR) is 66.3 cm³/mol. The highest BCUT2D eigenvalue weighted by Crippen LogP contribution is 2.50. The molecule has 2 bridgehead atoms. The average Bonchev–Trinajstić information content (AvgIpc) is 2.55. The molecular weight excluding hydrogens is 244 g/mol. The van der Waals surface area contributed by atoms with E-state index in [2.05, 4.69) is 5.32 Å². The number of amides is 1. The van der Waals surface area contributed by atoms with Crippen molar-refractivity contribution in [1.29, 1.82) is 0 Å². The zero-order valence-corrected chi connectivity index (χ0v) is 11.4. The highest BCUT2D eigenvalue weighted by molar-refractivity contribution is 5.85. The fraction of sp³-hybridized carbons (Fsp3) is 0.909. The molecule has 0 aromatic heterocycles. The van der Waals surface area contributed by atoms with Crippen LogP contribution < -0.4 is 11.1 Å². The third kappa shape index (κ3) is 2.84. The number of carbonyl (C=O) groups excluding carboxylic acids is 1. The Bertz CT molecular complexity index is 308. The van der Waals surface area contributed by atoms with Gasteiger partial charge in [0.2, 0.25) is 0 Å². The second-order valence-electron chi connectivity index (χ2n) is 5.94. The van der Waals surface area contributed by atoms with Crippen molar-refractivity contribution >= 4 is 18.5 Å². The normalized spacial score (nSPS) is 34.6. The maximum Gasteiger partial charge on any atom is 0.408 e. The molecule has 0 unspecified atom stereocenters. The van der Waals surface area contributed by atoms with Gasteiger partial charge in [0, 0.05) is 19.4 Å². The molecule has 0 aromatic carbocycles. The molecule has 2 aliphatic heterocycles. The smallest absolute Gasteiger partial charge is 0.408 e. The van der Waals surface area contributed by atoms with Crippen molar-refractivity contribution in [3.05, 3.63) is 0 Å². The van der Waals surface area contributed by atoms with E-state index < -0.39 is 5.60 Å². The van der Waals surface area contributed by atoms with Crippen LogP contribution in [0, 0.1) is 0 Å². The van der Waals surface area contributed by atoms with Gasteiger partial charge in [-0.2, -0.15) is 0 Å². The summed E-state index contributed by atoms with van der Waals surface area (Å²) in [6.45, 7) is 6.61. The minimum absolute atomic E-state index is 0. The highest BCUT2D eigenvalue weighted by atomic mass is 35.5. The molecule has 1 amide bonds. The van der Waals surface area contributed by atoms with Crippen molar-refractivity contribution < 1.29 is 14.3 Å². The van der Waals surface area contributed by atoms with Gasteiger partial charge in [-0.3, -0.25) is 0 Å². The van der Waals surface area contributed by atoms with Crippen LogP contribution in [-0.2, 0) is 9.47 Å². The fourth-order valence-corrected chi connectivity index (χ4v) is 2.52.